The average molecular weight is 399 g/mol. The molecule has 3 heteroatoms. The summed E-state index contributed by atoms with van der Waals surface area (Å²) in [5.41, 5.74) is 0.140. The molecule has 0 rings (SSSR count). The van der Waals surface area contributed by atoms with Crippen LogP contribution in [-0.2, 0) is 0 Å². The third-order valence-electron chi connectivity index (χ3n) is 5.39. The summed E-state index contributed by atoms with van der Waals surface area (Å²) < 4.78 is 0. The Balaban J connectivity index is -0.000000133. The minimum Gasteiger partial charge on any atom is -0.393 e. The Bertz CT molecular complexity index is 244. The summed E-state index contributed by atoms with van der Waals surface area (Å²) in [5, 5.41) is 28.7. The van der Waals surface area contributed by atoms with Crippen LogP contribution in [-0.4, -0.2) is 33.6 Å². The highest BCUT2D eigenvalue weighted by atomic mass is 16.3. The van der Waals surface area contributed by atoms with E-state index in [1.54, 1.807) is 0 Å². The second kappa shape index (κ2) is 22.2. The van der Waals surface area contributed by atoms with E-state index in [4.69, 9.17) is 0 Å². The minimum absolute atomic E-state index is 0. The molecule has 5 unspecified atom stereocenters. The summed E-state index contributed by atoms with van der Waals surface area (Å²) >= 11 is 0. The predicted molar refractivity (Wildman–Crippen MR) is 130 cm³/mol. The molecule has 5 atom stereocenters. The fourth-order valence-corrected chi connectivity index (χ4v) is 3.14. The molecular formula is C24H62O3. The molecule has 0 radical (unpaired) electrons. The maximum atomic E-state index is 9.64. The van der Waals surface area contributed by atoms with Crippen LogP contribution in [0.25, 0.3) is 0 Å². The zero-order valence-corrected chi connectivity index (χ0v) is 15.0. The van der Waals surface area contributed by atoms with E-state index in [0.29, 0.717) is 11.8 Å². The second-order valence-electron chi connectivity index (χ2n) is 7.55. The summed E-state index contributed by atoms with van der Waals surface area (Å²) in [5.74, 6) is 0.990. The molecule has 0 saturated heterocycles. The Morgan fingerprint density at radius 3 is 1.00 bits per heavy atom. The van der Waals surface area contributed by atoms with Gasteiger partial charge in [0.05, 0.1) is 18.3 Å². The monoisotopic (exact) mass is 398 g/mol. The topological polar surface area (TPSA) is 60.7 Å². The number of aliphatic hydroxyl groups excluding tert-OH is 3. The van der Waals surface area contributed by atoms with Gasteiger partial charge in [0, 0.05) is 0 Å². The third kappa shape index (κ3) is 19.0. The van der Waals surface area contributed by atoms with E-state index >= 15 is 0 Å². The highest BCUT2D eigenvalue weighted by Crippen LogP contribution is 2.44. The van der Waals surface area contributed by atoms with Gasteiger partial charge in [-0.2, -0.15) is 0 Å². The fraction of sp³-hybridized carbons (Fsp3) is 1.00. The molecule has 3 N–H and O–H groups in total. The van der Waals surface area contributed by atoms with Crippen LogP contribution in [0.1, 0.15) is 125 Å². The van der Waals surface area contributed by atoms with E-state index in [9.17, 15) is 15.3 Å². The summed E-state index contributed by atoms with van der Waals surface area (Å²) in [4.78, 5) is 0. The Morgan fingerprint density at radius 1 is 0.519 bits per heavy atom. The van der Waals surface area contributed by atoms with Crippen molar-refractivity contribution in [3.05, 3.63) is 0 Å². The van der Waals surface area contributed by atoms with Crippen molar-refractivity contribution < 1.29 is 15.3 Å². The molecule has 0 aromatic carbocycles. The molecule has 0 fully saturated rings. The van der Waals surface area contributed by atoms with Crippen molar-refractivity contribution in [2.45, 2.75) is 143 Å². The highest BCUT2D eigenvalue weighted by molar-refractivity contribution is 4.86. The lowest BCUT2D eigenvalue weighted by atomic mass is 9.63. The zero-order chi connectivity index (χ0) is 16.6. The SMILES string of the molecule is C.C.C.C.C.C.CC(O)CCC(C)C(C)(CCC(C)O)C(C)CCC(C)O. The normalized spacial score (nSPS) is 17.2. The minimum atomic E-state index is -0.266. The molecule has 0 aliphatic heterocycles. The molecule has 27 heavy (non-hydrogen) atoms. The van der Waals surface area contributed by atoms with E-state index in [-0.39, 0.29) is 68.3 Å². The van der Waals surface area contributed by atoms with E-state index in [1.807, 2.05) is 20.8 Å². The van der Waals surface area contributed by atoms with Gasteiger partial charge in [0.15, 0.2) is 0 Å². The van der Waals surface area contributed by atoms with Crippen molar-refractivity contribution in [2.24, 2.45) is 17.3 Å². The molecule has 0 amide bonds. The molecular weight excluding hydrogens is 336 g/mol. The first-order valence-corrected chi connectivity index (χ1v) is 8.63. The van der Waals surface area contributed by atoms with Gasteiger partial charge in [0.1, 0.15) is 0 Å². The van der Waals surface area contributed by atoms with Crippen molar-refractivity contribution >= 4 is 0 Å². The number of hydrogen-bond donors (Lipinski definition) is 3. The first-order chi connectivity index (χ1) is 9.59. The number of hydrogen-bond acceptors (Lipinski definition) is 3. The van der Waals surface area contributed by atoms with E-state index in [1.165, 1.54) is 0 Å². The largest absolute Gasteiger partial charge is 0.393 e. The fourth-order valence-electron chi connectivity index (χ4n) is 3.14. The van der Waals surface area contributed by atoms with Gasteiger partial charge < -0.3 is 15.3 Å². The second-order valence-corrected chi connectivity index (χ2v) is 7.55. The van der Waals surface area contributed by atoms with Crippen LogP contribution < -0.4 is 0 Å². The molecule has 0 aromatic rings. The Hall–Kier alpha value is -0.120. The van der Waals surface area contributed by atoms with Crippen LogP contribution in [0, 0.1) is 17.3 Å². The van der Waals surface area contributed by atoms with Gasteiger partial charge in [0.25, 0.3) is 0 Å². The van der Waals surface area contributed by atoms with Crippen LogP contribution in [0.3, 0.4) is 0 Å². The van der Waals surface area contributed by atoms with Crippen molar-refractivity contribution in [3.8, 4) is 0 Å². The maximum absolute atomic E-state index is 9.64. The number of aliphatic hydroxyl groups is 3. The summed E-state index contributed by atoms with van der Waals surface area (Å²) in [6.07, 6.45) is 4.71. The summed E-state index contributed by atoms with van der Waals surface area (Å²) in [7, 11) is 0. The molecule has 3 nitrogen and oxygen atoms in total. The summed E-state index contributed by atoms with van der Waals surface area (Å²) in [6.45, 7) is 12.4. The molecule has 0 spiro atoms. The summed E-state index contributed by atoms with van der Waals surface area (Å²) in [6, 6.07) is 0. The molecule has 0 heterocycles. The van der Waals surface area contributed by atoms with Gasteiger partial charge in [-0.1, -0.05) is 65.3 Å². The Morgan fingerprint density at radius 2 is 0.778 bits per heavy atom. The van der Waals surface area contributed by atoms with E-state index in [2.05, 4.69) is 20.8 Å². The Labute approximate surface area is 176 Å². The number of rotatable bonds is 11. The smallest absolute Gasteiger partial charge is 0.0512 e. The molecule has 176 valence electrons. The van der Waals surface area contributed by atoms with E-state index in [0.717, 1.165) is 38.5 Å². The van der Waals surface area contributed by atoms with Gasteiger partial charge in [-0.05, 0) is 76.5 Å². The van der Waals surface area contributed by atoms with Crippen molar-refractivity contribution in [1.82, 2.24) is 0 Å². The molecule has 0 bridgehead atoms. The lowest BCUT2D eigenvalue weighted by molar-refractivity contribution is 0.0472. The van der Waals surface area contributed by atoms with Crippen LogP contribution in [0.4, 0.5) is 0 Å². The van der Waals surface area contributed by atoms with Crippen LogP contribution >= 0.6 is 0 Å². The third-order valence-corrected chi connectivity index (χ3v) is 5.39. The van der Waals surface area contributed by atoms with Gasteiger partial charge in [-0.3, -0.25) is 0 Å². The van der Waals surface area contributed by atoms with Crippen LogP contribution in [0.15, 0.2) is 0 Å². The molecule has 0 aromatic heterocycles. The van der Waals surface area contributed by atoms with Gasteiger partial charge in [-0.15, -0.1) is 0 Å². The van der Waals surface area contributed by atoms with Gasteiger partial charge >= 0.3 is 0 Å². The lowest BCUT2D eigenvalue weighted by Crippen LogP contribution is -2.34. The lowest BCUT2D eigenvalue weighted by Gasteiger charge is -2.42. The van der Waals surface area contributed by atoms with Crippen molar-refractivity contribution in [1.29, 1.82) is 0 Å². The first kappa shape index (κ1) is 45.6. The standard InChI is InChI=1S/C18H38O3.6CH4/c1-13(7-9-15(3)19)18(6,12-11-17(5)21)14(2)8-10-16(4)20;;;;;;/h13-17,19-21H,7-12H2,1-6H3;6*1H4. The van der Waals surface area contributed by atoms with Crippen LogP contribution in [0.2, 0.25) is 0 Å². The average Bonchev–Trinajstić information content (AvgIpc) is 2.38. The molecule has 0 saturated carbocycles. The predicted octanol–water partition coefficient (Wildman–Crippen LogP) is 7.56. The van der Waals surface area contributed by atoms with Crippen molar-refractivity contribution in [2.75, 3.05) is 0 Å². The highest BCUT2D eigenvalue weighted by Gasteiger charge is 2.36. The maximum Gasteiger partial charge on any atom is 0.0512 e. The van der Waals surface area contributed by atoms with E-state index < -0.39 is 0 Å². The Kier molecular flexibility index (Phi) is 37.4. The van der Waals surface area contributed by atoms with Gasteiger partial charge in [0.2, 0.25) is 0 Å². The quantitative estimate of drug-likeness (QED) is 0.336. The van der Waals surface area contributed by atoms with Crippen molar-refractivity contribution in [3.63, 3.8) is 0 Å². The van der Waals surface area contributed by atoms with Crippen LogP contribution in [0.5, 0.6) is 0 Å². The first-order valence-electron chi connectivity index (χ1n) is 8.63. The molecule has 0 aliphatic carbocycles. The zero-order valence-electron chi connectivity index (χ0n) is 15.0. The molecule has 0 aliphatic rings. The van der Waals surface area contributed by atoms with Gasteiger partial charge in [-0.25, -0.2) is 0 Å².